The molecule has 3 rings (SSSR count). The Kier molecular flexibility index (Phi) is 3.23. The van der Waals surface area contributed by atoms with Gasteiger partial charge in [0.05, 0.1) is 10.5 Å². The highest BCUT2D eigenvalue weighted by Gasteiger charge is 2.08. The van der Waals surface area contributed by atoms with E-state index in [0.717, 1.165) is 28.8 Å². The van der Waals surface area contributed by atoms with E-state index >= 15 is 0 Å². The third-order valence-electron chi connectivity index (χ3n) is 3.21. The molecule has 4 heteroatoms. The van der Waals surface area contributed by atoms with Crippen LogP contribution in [0.15, 0.2) is 42.5 Å². The summed E-state index contributed by atoms with van der Waals surface area (Å²) in [6.45, 7) is 0.539. The second-order valence-electron chi connectivity index (χ2n) is 4.47. The van der Waals surface area contributed by atoms with E-state index in [9.17, 15) is 0 Å². The largest absolute Gasteiger partial charge is 0.342 e. The molecule has 0 aliphatic carbocycles. The van der Waals surface area contributed by atoms with Crippen molar-refractivity contribution in [2.75, 3.05) is 0 Å². The van der Waals surface area contributed by atoms with Gasteiger partial charge in [-0.05, 0) is 23.3 Å². The van der Waals surface area contributed by atoms with Crippen LogP contribution >= 0.6 is 11.6 Å². The summed E-state index contributed by atoms with van der Waals surface area (Å²) in [6.07, 6.45) is 0.735. The molecule has 0 saturated heterocycles. The topological polar surface area (TPSA) is 54.7 Å². The van der Waals surface area contributed by atoms with Crippen molar-refractivity contribution in [3.05, 3.63) is 64.4 Å². The van der Waals surface area contributed by atoms with Crippen LogP contribution in [-0.2, 0) is 13.0 Å². The number of imidazole rings is 1. The van der Waals surface area contributed by atoms with Gasteiger partial charge in [0.2, 0.25) is 0 Å². The van der Waals surface area contributed by atoms with E-state index in [0.29, 0.717) is 11.6 Å². The lowest BCUT2D eigenvalue weighted by Gasteiger charge is -2.05. The van der Waals surface area contributed by atoms with Crippen molar-refractivity contribution >= 4 is 22.6 Å². The van der Waals surface area contributed by atoms with Crippen LogP contribution in [0.4, 0.5) is 0 Å². The minimum absolute atomic E-state index is 0.539. The molecule has 0 atom stereocenters. The van der Waals surface area contributed by atoms with Crippen LogP contribution in [0.2, 0.25) is 5.02 Å². The fraction of sp³-hybridized carbons (Fsp3) is 0.133. The molecule has 0 aliphatic rings. The highest BCUT2D eigenvalue weighted by Crippen LogP contribution is 2.22. The molecule has 3 nitrogen and oxygen atoms in total. The molecule has 1 aromatic heterocycles. The first-order valence-corrected chi connectivity index (χ1v) is 6.55. The monoisotopic (exact) mass is 271 g/mol. The van der Waals surface area contributed by atoms with Crippen molar-refractivity contribution in [3.63, 3.8) is 0 Å². The highest BCUT2D eigenvalue weighted by molar-refractivity contribution is 6.34. The predicted molar refractivity (Wildman–Crippen MR) is 78.2 cm³/mol. The molecule has 0 fully saturated rings. The molecule has 96 valence electrons. The summed E-state index contributed by atoms with van der Waals surface area (Å²) in [7, 11) is 0. The number of nitrogens with two attached hydrogens (primary N) is 1. The number of fused-ring (bicyclic) bond motifs is 1. The first kappa shape index (κ1) is 12.2. The minimum Gasteiger partial charge on any atom is -0.342 e. The quantitative estimate of drug-likeness (QED) is 0.768. The summed E-state index contributed by atoms with van der Waals surface area (Å²) >= 11 is 6.13. The summed E-state index contributed by atoms with van der Waals surface area (Å²) < 4.78 is 0. The Hall–Kier alpha value is -1.84. The van der Waals surface area contributed by atoms with Crippen LogP contribution in [0, 0.1) is 0 Å². The van der Waals surface area contributed by atoms with Gasteiger partial charge in [-0.3, -0.25) is 0 Å². The van der Waals surface area contributed by atoms with Crippen LogP contribution < -0.4 is 5.73 Å². The molecule has 3 N–H and O–H groups in total. The smallest absolute Gasteiger partial charge is 0.111 e. The van der Waals surface area contributed by atoms with Gasteiger partial charge in [0.25, 0.3) is 0 Å². The van der Waals surface area contributed by atoms with E-state index in [4.69, 9.17) is 17.3 Å². The molecule has 19 heavy (non-hydrogen) atoms. The first-order chi connectivity index (χ1) is 9.28. The summed E-state index contributed by atoms with van der Waals surface area (Å²) in [5, 5.41) is 0.673. The van der Waals surface area contributed by atoms with Crippen molar-refractivity contribution in [3.8, 4) is 0 Å². The SMILES string of the molecule is NCc1ccccc1Cc1nc2c(Cl)cccc2[nH]1. The summed E-state index contributed by atoms with van der Waals surface area (Å²) in [6, 6.07) is 13.9. The van der Waals surface area contributed by atoms with Crippen LogP contribution in [0.5, 0.6) is 0 Å². The van der Waals surface area contributed by atoms with E-state index in [1.54, 1.807) is 0 Å². The molecule has 0 amide bonds. The Labute approximate surface area is 116 Å². The number of aromatic amines is 1. The Morgan fingerprint density at radius 2 is 1.84 bits per heavy atom. The maximum Gasteiger partial charge on any atom is 0.111 e. The first-order valence-electron chi connectivity index (χ1n) is 6.18. The van der Waals surface area contributed by atoms with E-state index in [-0.39, 0.29) is 0 Å². The molecule has 0 aliphatic heterocycles. The molecule has 2 aromatic carbocycles. The average molecular weight is 272 g/mol. The molecule has 1 heterocycles. The zero-order valence-electron chi connectivity index (χ0n) is 10.4. The Morgan fingerprint density at radius 1 is 1.05 bits per heavy atom. The highest BCUT2D eigenvalue weighted by atomic mass is 35.5. The van der Waals surface area contributed by atoms with Crippen LogP contribution in [-0.4, -0.2) is 9.97 Å². The molecule has 0 radical (unpaired) electrons. The number of hydrogen-bond donors (Lipinski definition) is 2. The number of rotatable bonds is 3. The molecular formula is C15H14ClN3. The van der Waals surface area contributed by atoms with Gasteiger partial charge in [-0.15, -0.1) is 0 Å². The van der Waals surface area contributed by atoms with Crippen molar-refractivity contribution in [1.82, 2.24) is 9.97 Å². The van der Waals surface area contributed by atoms with Crippen molar-refractivity contribution in [2.24, 2.45) is 5.73 Å². The van der Waals surface area contributed by atoms with Crippen LogP contribution in [0.25, 0.3) is 11.0 Å². The Balaban J connectivity index is 1.99. The van der Waals surface area contributed by atoms with E-state index in [2.05, 4.69) is 16.0 Å². The fourth-order valence-electron chi connectivity index (χ4n) is 2.24. The second-order valence-corrected chi connectivity index (χ2v) is 4.88. The molecular weight excluding hydrogens is 258 g/mol. The van der Waals surface area contributed by atoms with E-state index in [1.807, 2.05) is 36.4 Å². The van der Waals surface area contributed by atoms with Crippen LogP contribution in [0.1, 0.15) is 17.0 Å². The van der Waals surface area contributed by atoms with E-state index in [1.165, 1.54) is 5.56 Å². The summed E-state index contributed by atoms with van der Waals surface area (Å²) in [5.41, 5.74) is 9.88. The van der Waals surface area contributed by atoms with Gasteiger partial charge < -0.3 is 10.7 Å². The van der Waals surface area contributed by atoms with Crippen molar-refractivity contribution < 1.29 is 0 Å². The molecule has 0 spiro atoms. The molecule has 0 unspecified atom stereocenters. The molecule has 0 saturated carbocycles. The predicted octanol–water partition coefficient (Wildman–Crippen LogP) is 3.27. The van der Waals surface area contributed by atoms with Gasteiger partial charge in [0, 0.05) is 13.0 Å². The van der Waals surface area contributed by atoms with Gasteiger partial charge >= 0.3 is 0 Å². The third kappa shape index (κ3) is 2.35. The zero-order chi connectivity index (χ0) is 13.2. The van der Waals surface area contributed by atoms with Crippen LogP contribution in [0.3, 0.4) is 0 Å². The zero-order valence-corrected chi connectivity index (χ0v) is 11.1. The second kappa shape index (κ2) is 5.03. The lowest BCUT2D eigenvalue weighted by molar-refractivity contribution is 0.978. The number of hydrogen-bond acceptors (Lipinski definition) is 2. The summed E-state index contributed by atoms with van der Waals surface area (Å²) in [4.78, 5) is 7.85. The molecule has 3 aromatic rings. The molecule has 0 bridgehead atoms. The number of benzene rings is 2. The number of nitrogens with one attached hydrogen (secondary N) is 1. The van der Waals surface area contributed by atoms with Gasteiger partial charge in [0.1, 0.15) is 11.3 Å². The fourth-order valence-corrected chi connectivity index (χ4v) is 2.46. The normalized spacial score (nSPS) is 11.1. The number of para-hydroxylation sites is 1. The van der Waals surface area contributed by atoms with Crippen molar-refractivity contribution in [2.45, 2.75) is 13.0 Å². The summed E-state index contributed by atoms with van der Waals surface area (Å²) in [5.74, 6) is 0.906. The third-order valence-corrected chi connectivity index (χ3v) is 3.51. The number of nitrogens with zero attached hydrogens (tertiary/aromatic N) is 1. The Bertz CT molecular complexity index is 718. The Morgan fingerprint density at radius 3 is 2.58 bits per heavy atom. The lowest BCUT2D eigenvalue weighted by atomic mass is 10.0. The van der Waals surface area contributed by atoms with Gasteiger partial charge in [-0.2, -0.15) is 0 Å². The minimum atomic E-state index is 0.539. The number of aromatic nitrogens is 2. The maximum absolute atomic E-state index is 6.13. The van der Waals surface area contributed by atoms with Crippen molar-refractivity contribution in [1.29, 1.82) is 0 Å². The maximum atomic E-state index is 6.13. The number of halogens is 1. The van der Waals surface area contributed by atoms with Gasteiger partial charge in [0.15, 0.2) is 0 Å². The van der Waals surface area contributed by atoms with E-state index < -0.39 is 0 Å². The van der Waals surface area contributed by atoms with Gasteiger partial charge in [-0.1, -0.05) is 41.9 Å². The number of H-pyrrole nitrogens is 1. The van der Waals surface area contributed by atoms with Gasteiger partial charge in [-0.25, -0.2) is 4.98 Å². The standard InChI is InChI=1S/C15H14ClN3/c16-12-6-3-7-13-15(12)19-14(18-13)8-10-4-1-2-5-11(10)9-17/h1-7H,8-9,17H2,(H,18,19). The lowest BCUT2D eigenvalue weighted by Crippen LogP contribution is -2.02. The average Bonchev–Trinajstić information content (AvgIpc) is 2.83.